The second-order valence-electron chi connectivity index (χ2n) is 4.11. The van der Waals surface area contributed by atoms with E-state index in [4.69, 9.17) is 4.74 Å². The minimum Gasteiger partial charge on any atom is -0.489 e. The highest BCUT2D eigenvalue weighted by atomic mass is 32.1. The fraction of sp³-hybridized carbons (Fsp3) is 0.385. The number of nitrogens with zero attached hydrogens (tertiary/aromatic N) is 1. The topological polar surface area (TPSA) is 67.0 Å². The van der Waals surface area contributed by atoms with Crippen LogP contribution < -0.4 is 15.6 Å². The Balaban J connectivity index is 2.27. The second-order valence-corrected chi connectivity index (χ2v) is 5.09. The van der Waals surface area contributed by atoms with Crippen molar-refractivity contribution in [3.63, 3.8) is 0 Å². The van der Waals surface area contributed by atoms with Gasteiger partial charge in [0.2, 0.25) is 5.75 Å². The molecule has 0 saturated heterocycles. The lowest BCUT2D eigenvalue weighted by Crippen LogP contribution is -2.17. The van der Waals surface area contributed by atoms with Crippen LogP contribution in [-0.4, -0.2) is 17.1 Å². The Bertz CT molecular complexity index is 566. The molecule has 2 heterocycles. The van der Waals surface area contributed by atoms with Gasteiger partial charge in [-0.05, 0) is 17.9 Å². The minimum absolute atomic E-state index is 0.146. The molecule has 1 unspecified atom stereocenters. The number of methoxy groups -OCH3 is 1. The summed E-state index contributed by atoms with van der Waals surface area (Å²) < 4.78 is 5.11. The number of hydrogen-bond donors (Lipinski definition) is 2. The molecule has 0 radical (unpaired) electrons. The van der Waals surface area contributed by atoms with Crippen molar-refractivity contribution in [2.45, 2.75) is 25.8 Å². The maximum Gasteiger partial charge on any atom is 0.295 e. The number of aromatic nitrogens is 2. The monoisotopic (exact) mass is 279 g/mol. The Morgan fingerprint density at radius 3 is 3.05 bits per heavy atom. The van der Waals surface area contributed by atoms with Crippen LogP contribution in [0.3, 0.4) is 0 Å². The van der Waals surface area contributed by atoms with Gasteiger partial charge in [0.05, 0.1) is 19.5 Å². The first kappa shape index (κ1) is 13.6. The third kappa shape index (κ3) is 3.14. The number of hydrogen-bond acceptors (Lipinski definition) is 5. The molecule has 0 spiro atoms. The lowest BCUT2D eigenvalue weighted by molar-refractivity contribution is 0.407. The summed E-state index contributed by atoms with van der Waals surface area (Å²) in [6.07, 6.45) is 3.39. The summed E-state index contributed by atoms with van der Waals surface area (Å²) in [5.74, 6) is 0.707. The third-order valence-corrected chi connectivity index (χ3v) is 3.78. The molecule has 0 fully saturated rings. The summed E-state index contributed by atoms with van der Waals surface area (Å²) in [5.41, 5.74) is -0.276. The molecule has 0 aliphatic heterocycles. The fourth-order valence-corrected chi connectivity index (χ4v) is 2.72. The quantitative estimate of drug-likeness (QED) is 0.853. The fourth-order valence-electron chi connectivity index (χ4n) is 1.91. The van der Waals surface area contributed by atoms with Gasteiger partial charge in [0.1, 0.15) is 0 Å². The van der Waals surface area contributed by atoms with Crippen molar-refractivity contribution in [1.82, 2.24) is 9.97 Å². The number of thiophene rings is 1. The van der Waals surface area contributed by atoms with E-state index in [1.165, 1.54) is 18.3 Å². The lowest BCUT2D eigenvalue weighted by Gasteiger charge is -2.18. The first-order chi connectivity index (χ1) is 9.26. The van der Waals surface area contributed by atoms with Gasteiger partial charge in [0.15, 0.2) is 5.82 Å². The van der Waals surface area contributed by atoms with Gasteiger partial charge in [-0.15, -0.1) is 11.3 Å². The van der Waals surface area contributed by atoms with E-state index >= 15 is 0 Å². The number of H-pyrrole nitrogens is 1. The van der Waals surface area contributed by atoms with Gasteiger partial charge in [0.25, 0.3) is 5.56 Å². The van der Waals surface area contributed by atoms with Crippen molar-refractivity contribution in [1.29, 1.82) is 0 Å². The molecular formula is C13H17N3O2S. The molecule has 0 bridgehead atoms. The SMILES string of the molecule is CCCC(Nc1nc[nH]c(=O)c1OC)c1cccs1. The molecule has 2 aromatic heterocycles. The summed E-state index contributed by atoms with van der Waals surface area (Å²) in [7, 11) is 1.47. The van der Waals surface area contributed by atoms with Gasteiger partial charge in [-0.1, -0.05) is 19.4 Å². The van der Waals surface area contributed by atoms with E-state index in [9.17, 15) is 4.79 Å². The van der Waals surface area contributed by atoms with Crippen LogP contribution in [0.2, 0.25) is 0 Å². The average molecular weight is 279 g/mol. The van der Waals surface area contributed by atoms with Crippen molar-refractivity contribution in [3.8, 4) is 5.75 Å². The minimum atomic E-state index is -0.276. The summed E-state index contributed by atoms with van der Waals surface area (Å²) in [6, 6.07) is 4.25. The standard InChI is InChI=1S/C13H17N3O2S/c1-3-5-9(10-6-4-7-19-10)16-12-11(18-2)13(17)15-8-14-12/h4,6-9H,3,5H2,1-2H3,(H2,14,15,16,17). The first-order valence-electron chi connectivity index (χ1n) is 6.17. The predicted molar refractivity (Wildman–Crippen MR) is 77.0 cm³/mol. The Morgan fingerprint density at radius 1 is 1.58 bits per heavy atom. The molecule has 2 N–H and O–H groups in total. The summed E-state index contributed by atoms with van der Waals surface area (Å²) in [5, 5.41) is 5.34. The molecule has 2 aromatic rings. The summed E-state index contributed by atoms with van der Waals surface area (Å²) in [4.78, 5) is 19.5. The molecule has 0 amide bonds. The number of nitrogens with one attached hydrogen (secondary N) is 2. The van der Waals surface area contributed by atoms with Crippen LogP contribution in [0.5, 0.6) is 5.75 Å². The molecule has 2 rings (SSSR count). The molecular weight excluding hydrogens is 262 g/mol. The van der Waals surface area contributed by atoms with E-state index < -0.39 is 0 Å². The summed E-state index contributed by atoms with van der Waals surface area (Å²) >= 11 is 1.69. The molecule has 102 valence electrons. The highest BCUT2D eigenvalue weighted by Gasteiger charge is 2.16. The smallest absolute Gasteiger partial charge is 0.295 e. The van der Waals surface area contributed by atoms with E-state index in [2.05, 4.69) is 28.3 Å². The molecule has 0 aliphatic rings. The van der Waals surface area contributed by atoms with Gasteiger partial charge < -0.3 is 15.0 Å². The first-order valence-corrected chi connectivity index (χ1v) is 7.05. The van der Waals surface area contributed by atoms with Gasteiger partial charge >= 0.3 is 0 Å². The van der Waals surface area contributed by atoms with E-state index in [1.807, 2.05) is 11.4 Å². The van der Waals surface area contributed by atoms with Gasteiger partial charge in [-0.25, -0.2) is 4.98 Å². The molecule has 0 aliphatic carbocycles. The van der Waals surface area contributed by atoms with Crippen molar-refractivity contribution in [2.75, 3.05) is 12.4 Å². The predicted octanol–water partition coefficient (Wildman–Crippen LogP) is 2.79. The van der Waals surface area contributed by atoms with Crippen molar-refractivity contribution in [2.24, 2.45) is 0 Å². The number of aromatic amines is 1. The van der Waals surface area contributed by atoms with Crippen molar-refractivity contribution < 1.29 is 4.74 Å². The Morgan fingerprint density at radius 2 is 2.42 bits per heavy atom. The highest BCUT2D eigenvalue weighted by molar-refractivity contribution is 7.10. The zero-order valence-corrected chi connectivity index (χ0v) is 11.8. The Labute approximate surface area is 115 Å². The molecule has 0 saturated carbocycles. The Kier molecular flexibility index (Phi) is 4.57. The van der Waals surface area contributed by atoms with Crippen LogP contribution in [-0.2, 0) is 0 Å². The number of ether oxygens (including phenoxy) is 1. The second kappa shape index (κ2) is 6.38. The van der Waals surface area contributed by atoms with E-state index in [-0.39, 0.29) is 17.4 Å². The molecule has 1 atom stereocenters. The van der Waals surface area contributed by atoms with Crippen LogP contribution in [0.1, 0.15) is 30.7 Å². The van der Waals surface area contributed by atoms with E-state index in [0.29, 0.717) is 5.82 Å². The van der Waals surface area contributed by atoms with E-state index in [0.717, 1.165) is 12.8 Å². The highest BCUT2D eigenvalue weighted by Crippen LogP contribution is 2.28. The van der Waals surface area contributed by atoms with Gasteiger partial charge in [-0.3, -0.25) is 4.79 Å². The zero-order chi connectivity index (χ0) is 13.7. The maximum absolute atomic E-state index is 11.6. The van der Waals surface area contributed by atoms with Crippen LogP contribution in [0.25, 0.3) is 0 Å². The van der Waals surface area contributed by atoms with Gasteiger partial charge in [-0.2, -0.15) is 0 Å². The normalized spacial score (nSPS) is 12.1. The third-order valence-electron chi connectivity index (χ3n) is 2.79. The molecule has 6 heteroatoms. The maximum atomic E-state index is 11.6. The Hall–Kier alpha value is -1.82. The number of anilines is 1. The van der Waals surface area contributed by atoms with Crippen LogP contribution in [0.4, 0.5) is 5.82 Å². The molecule has 5 nitrogen and oxygen atoms in total. The molecule has 19 heavy (non-hydrogen) atoms. The van der Waals surface area contributed by atoms with Gasteiger partial charge in [0, 0.05) is 4.88 Å². The summed E-state index contributed by atoms with van der Waals surface area (Å²) in [6.45, 7) is 2.13. The van der Waals surface area contributed by atoms with E-state index in [1.54, 1.807) is 11.3 Å². The zero-order valence-electron chi connectivity index (χ0n) is 11.0. The van der Waals surface area contributed by atoms with Crippen molar-refractivity contribution in [3.05, 3.63) is 39.1 Å². The lowest BCUT2D eigenvalue weighted by atomic mass is 10.1. The van der Waals surface area contributed by atoms with Crippen LogP contribution >= 0.6 is 11.3 Å². The van der Waals surface area contributed by atoms with Crippen LogP contribution in [0.15, 0.2) is 28.6 Å². The largest absolute Gasteiger partial charge is 0.489 e. The molecule has 0 aromatic carbocycles. The number of rotatable bonds is 6. The van der Waals surface area contributed by atoms with Crippen molar-refractivity contribution >= 4 is 17.2 Å². The van der Waals surface area contributed by atoms with Crippen LogP contribution in [0, 0.1) is 0 Å². The average Bonchev–Trinajstić information content (AvgIpc) is 2.92.